The Morgan fingerprint density at radius 2 is 1.79 bits per heavy atom. The zero-order valence-electron chi connectivity index (χ0n) is 13.0. The van der Waals surface area contributed by atoms with E-state index >= 15 is 0 Å². The molecule has 0 aromatic heterocycles. The van der Waals surface area contributed by atoms with E-state index in [-0.39, 0.29) is 24.3 Å². The second-order valence-electron chi connectivity index (χ2n) is 5.82. The summed E-state index contributed by atoms with van der Waals surface area (Å²) in [7, 11) is 0. The molecule has 0 aliphatic carbocycles. The van der Waals surface area contributed by atoms with Crippen molar-refractivity contribution in [3.8, 4) is 0 Å². The van der Waals surface area contributed by atoms with E-state index in [1.165, 1.54) is 12.1 Å². The first-order valence-electron chi connectivity index (χ1n) is 7.72. The quantitative estimate of drug-likeness (QED) is 0.885. The predicted molar refractivity (Wildman–Crippen MR) is 88.9 cm³/mol. The molecule has 3 N–H and O–H groups in total. The second-order valence-corrected chi connectivity index (χ2v) is 5.82. The number of benzene rings is 2. The fraction of sp³-hybridized carbons (Fsp3) is 0.222. The normalized spacial score (nSPS) is 17.1. The topological polar surface area (TPSA) is 75.4 Å². The lowest BCUT2D eigenvalue weighted by Crippen LogP contribution is -2.45. The van der Waals surface area contributed by atoms with Gasteiger partial charge >= 0.3 is 0 Å². The number of carbonyl (C=O) groups excluding carboxylic acids is 2. The monoisotopic (exact) mass is 327 g/mol. The van der Waals surface area contributed by atoms with Crippen LogP contribution in [0.5, 0.6) is 0 Å². The smallest absolute Gasteiger partial charge is 0.248 e. The summed E-state index contributed by atoms with van der Waals surface area (Å²) in [6.07, 6.45) is 0.951. The molecule has 1 aliphatic rings. The SMILES string of the molecule is NC(=O)c1ccc(NC(=O)CN2CC[C@H]2c2ccc(F)cc2)cc1. The molecule has 1 aliphatic heterocycles. The van der Waals surface area contributed by atoms with Crippen LogP contribution >= 0.6 is 0 Å². The van der Waals surface area contributed by atoms with Gasteiger partial charge in [0, 0.05) is 23.8 Å². The fourth-order valence-electron chi connectivity index (χ4n) is 2.80. The van der Waals surface area contributed by atoms with E-state index in [0.717, 1.165) is 18.5 Å². The van der Waals surface area contributed by atoms with Gasteiger partial charge in [-0.1, -0.05) is 12.1 Å². The highest BCUT2D eigenvalue weighted by Crippen LogP contribution is 2.32. The molecule has 0 saturated carbocycles. The molecule has 0 unspecified atom stereocenters. The number of anilines is 1. The Balaban J connectivity index is 1.56. The van der Waals surface area contributed by atoms with Crippen LogP contribution in [0.15, 0.2) is 48.5 Å². The van der Waals surface area contributed by atoms with E-state index in [0.29, 0.717) is 11.3 Å². The Bertz CT molecular complexity index is 744. The van der Waals surface area contributed by atoms with Gasteiger partial charge in [0.1, 0.15) is 5.82 Å². The summed E-state index contributed by atoms with van der Waals surface area (Å²) in [5.41, 5.74) is 7.21. The van der Waals surface area contributed by atoms with Crippen molar-refractivity contribution >= 4 is 17.5 Å². The van der Waals surface area contributed by atoms with Crippen molar-refractivity contribution in [1.82, 2.24) is 4.90 Å². The molecule has 2 aromatic rings. The summed E-state index contributed by atoms with van der Waals surface area (Å²) in [5, 5.41) is 2.80. The van der Waals surface area contributed by atoms with Crippen LogP contribution in [0.1, 0.15) is 28.4 Å². The molecule has 24 heavy (non-hydrogen) atoms. The van der Waals surface area contributed by atoms with Crippen LogP contribution in [0.2, 0.25) is 0 Å². The van der Waals surface area contributed by atoms with Crippen LogP contribution in [0, 0.1) is 5.82 Å². The average Bonchev–Trinajstić information content (AvgIpc) is 2.54. The van der Waals surface area contributed by atoms with Gasteiger partial charge in [-0.2, -0.15) is 0 Å². The lowest BCUT2D eigenvalue weighted by Gasteiger charge is -2.40. The van der Waals surface area contributed by atoms with Gasteiger partial charge in [0.2, 0.25) is 11.8 Å². The molecule has 3 rings (SSSR count). The van der Waals surface area contributed by atoms with E-state index in [1.54, 1.807) is 36.4 Å². The first-order valence-corrected chi connectivity index (χ1v) is 7.72. The van der Waals surface area contributed by atoms with E-state index < -0.39 is 5.91 Å². The number of hydrogen-bond acceptors (Lipinski definition) is 3. The van der Waals surface area contributed by atoms with Gasteiger partial charge in [-0.05, 0) is 48.4 Å². The number of carbonyl (C=O) groups is 2. The summed E-state index contributed by atoms with van der Waals surface area (Å²) in [6.45, 7) is 1.09. The lowest BCUT2D eigenvalue weighted by atomic mass is 9.95. The average molecular weight is 327 g/mol. The van der Waals surface area contributed by atoms with Gasteiger partial charge in [-0.25, -0.2) is 4.39 Å². The number of amides is 2. The number of primary amides is 1. The van der Waals surface area contributed by atoms with Gasteiger partial charge in [-0.15, -0.1) is 0 Å². The number of hydrogen-bond donors (Lipinski definition) is 2. The Morgan fingerprint density at radius 1 is 1.12 bits per heavy atom. The number of likely N-dealkylation sites (tertiary alicyclic amines) is 1. The molecule has 2 aromatic carbocycles. The Hall–Kier alpha value is -2.73. The molecule has 1 fully saturated rings. The van der Waals surface area contributed by atoms with Crippen LogP contribution in [-0.2, 0) is 4.79 Å². The van der Waals surface area contributed by atoms with Crippen LogP contribution in [0.3, 0.4) is 0 Å². The highest BCUT2D eigenvalue weighted by atomic mass is 19.1. The van der Waals surface area contributed by atoms with Gasteiger partial charge in [0.25, 0.3) is 0 Å². The van der Waals surface area contributed by atoms with Gasteiger partial charge in [0.05, 0.1) is 6.54 Å². The summed E-state index contributed by atoms with van der Waals surface area (Å²) in [4.78, 5) is 25.2. The third-order valence-corrected chi connectivity index (χ3v) is 4.19. The maximum Gasteiger partial charge on any atom is 0.248 e. The first kappa shape index (κ1) is 16.1. The molecule has 124 valence electrons. The third-order valence-electron chi connectivity index (χ3n) is 4.19. The van der Waals surface area contributed by atoms with Crippen molar-refractivity contribution in [3.63, 3.8) is 0 Å². The Labute approximate surface area is 139 Å². The highest BCUT2D eigenvalue weighted by molar-refractivity contribution is 5.95. The maximum absolute atomic E-state index is 13.0. The molecule has 5 nitrogen and oxygen atoms in total. The largest absolute Gasteiger partial charge is 0.366 e. The van der Waals surface area contributed by atoms with E-state index in [4.69, 9.17) is 5.73 Å². The summed E-state index contributed by atoms with van der Waals surface area (Å²) in [6, 6.07) is 13.0. The van der Waals surface area contributed by atoms with Crippen LogP contribution < -0.4 is 11.1 Å². The summed E-state index contributed by atoms with van der Waals surface area (Å²) >= 11 is 0. The van der Waals surface area contributed by atoms with Crippen LogP contribution in [-0.4, -0.2) is 29.8 Å². The van der Waals surface area contributed by atoms with Gasteiger partial charge < -0.3 is 11.1 Å². The Morgan fingerprint density at radius 3 is 2.33 bits per heavy atom. The minimum atomic E-state index is -0.504. The Kier molecular flexibility index (Phi) is 4.57. The predicted octanol–water partition coefficient (Wildman–Crippen LogP) is 2.31. The van der Waals surface area contributed by atoms with E-state index in [2.05, 4.69) is 5.32 Å². The van der Waals surface area contributed by atoms with E-state index in [9.17, 15) is 14.0 Å². The molecule has 1 atom stereocenters. The van der Waals surface area contributed by atoms with Crippen LogP contribution in [0.4, 0.5) is 10.1 Å². The highest BCUT2D eigenvalue weighted by Gasteiger charge is 2.30. The number of nitrogens with two attached hydrogens (primary N) is 1. The minimum absolute atomic E-state index is 0.131. The third kappa shape index (κ3) is 3.60. The van der Waals surface area contributed by atoms with Gasteiger partial charge in [-0.3, -0.25) is 14.5 Å². The maximum atomic E-state index is 13.0. The van der Waals surface area contributed by atoms with Crippen molar-refractivity contribution in [3.05, 3.63) is 65.5 Å². The molecule has 2 amide bonds. The summed E-state index contributed by atoms with van der Waals surface area (Å²) < 4.78 is 13.0. The molecular formula is C18H18FN3O2. The molecule has 1 saturated heterocycles. The lowest BCUT2D eigenvalue weighted by molar-refractivity contribution is -0.119. The molecule has 0 bridgehead atoms. The minimum Gasteiger partial charge on any atom is -0.366 e. The van der Waals surface area contributed by atoms with Crippen LogP contribution in [0.25, 0.3) is 0 Å². The van der Waals surface area contributed by atoms with Crippen molar-refractivity contribution in [2.75, 3.05) is 18.4 Å². The molecular weight excluding hydrogens is 309 g/mol. The standard InChI is InChI=1S/C18H18FN3O2/c19-14-5-1-12(2-6-14)16-9-10-22(16)11-17(23)21-15-7-3-13(4-8-15)18(20)24/h1-8,16H,9-11H2,(H2,20,24)(H,21,23)/t16-/m0/s1. The number of rotatable bonds is 5. The van der Waals surface area contributed by atoms with Crippen molar-refractivity contribution in [2.45, 2.75) is 12.5 Å². The number of nitrogens with zero attached hydrogens (tertiary/aromatic N) is 1. The van der Waals surface area contributed by atoms with Crippen molar-refractivity contribution < 1.29 is 14.0 Å². The molecule has 6 heteroatoms. The molecule has 1 heterocycles. The fourth-order valence-corrected chi connectivity index (χ4v) is 2.80. The summed E-state index contributed by atoms with van der Waals surface area (Å²) in [5.74, 6) is -0.897. The van der Waals surface area contributed by atoms with Gasteiger partial charge in [0.15, 0.2) is 0 Å². The first-order chi connectivity index (χ1) is 11.5. The molecule has 0 spiro atoms. The number of nitrogens with one attached hydrogen (secondary N) is 1. The molecule has 0 radical (unpaired) electrons. The zero-order chi connectivity index (χ0) is 17.1. The second kappa shape index (κ2) is 6.80. The zero-order valence-corrected chi connectivity index (χ0v) is 13.0. The van der Waals surface area contributed by atoms with Crippen molar-refractivity contribution in [1.29, 1.82) is 0 Å². The van der Waals surface area contributed by atoms with Crippen molar-refractivity contribution in [2.24, 2.45) is 5.73 Å². The van der Waals surface area contributed by atoms with E-state index in [1.807, 2.05) is 4.90 Å². The number of halogens is 1.